The zero-order valence-corrected chi connectivity index (χ0v) is 17.0. The van der Waals surface area contributed by atoms with Gasteiger partial charge in [0.25, 0.3) is 0 Å². The van der Waals surface area contributed by atoms with E-state index in [4.69, 9.17) is 0 Å². The number of nitrogens with zero attached hydrogens (tertiary/aromatic N) is 4. The van der Waals surface area contributed by atoms with E-state index in [2.05, 4.69) is 24.3 Å². The molecular formula is C28H16N4. The van der Waals surface area contributed by atoms with Gasteiger partial charge in [0, 0.05) is 11.8 Å². The normalized spacial score (nSPS) is 20.8. The van der Waals surface area contributed by atoms with Crippen molar-refractivity contribution in [2.24, 2.45) is 10.8 Å². The third-order valence-corrected chi connectivity index (χ3v) is 6.85. The molecule has 4 nitrogen and oxygen atoms in total. The largest absolute Gasteiger partial charge is 0.196 e. The Morgan fingerprint density at radius 3 is 1.22 bits per heavy atom. The SMILES string of the molecule is N#CC1(C#N)C2C(=C(c3ccccc3)c3ccccc3)C(c3ccccc32)C1(C#N)C#N. The summed E-state index contributed by atoms with van der Waals surface area (Å²) < 4.78 is 0. The summed E-state index contributed by atoms with van der Waals surface area (Å²) in [4.78, 5) is 0. The van der Waals surface area contributed by atoms with Crippen molar-refractivity contribution in [2.45, 2.75) is 11.8 Å². The summed E-state index contributed by atoms with van der Waals surface area (Å²) in [6.45, 7) is 0. The highest BCUT2D eigenvalue weighted by atomic mass is 14.7. The average Bonchev–Trinajstić information content (AvgIpc) is 3.32. The second kappa shape index (κ2) is 6.96. The zero-order valence-electron chi connectivity index (χ0n) is 17.0. The molecule has 3 aromatic rings. The molecule has 2 aliphatic carbocycles. The van der Waals surface area contributed by atoms with Gasteiger partial charge < -0.3 is 0 Å². The minimum Gasteiger partial charge on any atom is -0.196 e. The lowest BCUT2D eigenvalue weighted by molar-refractivity contribution is 0.293. The van der Waals surface area contributed by atoms with Crippen LogP contribution in [0.15, 0.2) is 90.5 Å². The van der Waals surface area contributed by atoms with Crippen LogP contribution in [0.2, 0.25) is 0 Å². The number of hydrogen-bond acceptors (Lipinski definition) is 4. The van der Waals surface area contributed by atoms with Crippen molar-refractivity contribution < 1.29 is 0 Å². The van der Waals surface area contributed by atoms with Gasteiger partial charge in [-0.3, -0.25) is 0 Å². The Balaban J connectivity index is 1.99. The quantitative estimate of drug-likeness (QED) is 0.563. The van der Waals surface area contributed by atoms with E-state index in [0.717, 1.165) is 33.4 Å². The first-order valence-electron chi connectivity index (χ1n) is 10.3. The van der Waals surface area contributed by atoms with Crippen molar-refractivity contribution >= 4 is 5.57 Å². The predicted molar refractivity (Wildman–Crippen MR) is 118 cm³/mol. The molecule has 0 aromatic heterocycles. The van der Waals surface area contributed by atoms with E-state index in [1.807, 2.05) is 84.9 Å². The van der Waals surface area contributed by atoms with E-state index in [-0.39, 0.29) is 0 Å². The van der Waals surface area contributed by atoms with Gasteiger partial charge in [-0.15, -0.1) is 0 Å². The predicted octanol–water partition coefficient (Wildman–Crippen LogP) is 5.45. The topological polar surface area (TPSA) is 95.2 Å². The lowest BCUT2D eigenvalue weighted by Crippen LogP contribution is -2.42. The van der Waals surface area contributed by atoms with Crippen LogP contribution in [0, 0.1) is 56.2 Å². The fourth-order valence-corrected chi connectivity index (χ4v) is 5.59. The number of allylic oxidation sites excluding steroid dienone is 1. The number of hydrogen-bond donors (Lipinski definition) is 0. The van der Waals surface area contributed by atoms with Gasteiger partial charge >= 0.3 is 0 Å². The standard InChI is InChI=1S/C28H16N4/c29-15-27(16-30)25-21-13-7-8-14-22(21)26(28(27,17-31)18-32)24(25)23(19-9-3-1-4-10-19)20-11-5-2-6-12-20/h1-14,25-26H. The van der Waals surface area contributed by atoms with Crippen LogP contribution in [-0.2, 0) is 0 Å². The number of nitriles is 4. The molecule has 0 amide bonds. The van der Waals surface area contributed by atoms with Crippen LogP contribution in [-0.4, -0.2) is 0 Å². The van der Waals surface area contributed by atoms with Crippen LogP contribution >= 0.6 is 0 Å². The molecule has 4 heteroatoms. The smallest absolute Gasteiger partial charge is 0.186 e. The molecule has 148 valence electrons. The molecule has 0 spiro atoms. The lowest BCUT2D eigenvalue weighted by atomic mass is 9.57. The lowest BCUT2D eigenvalue weighted by Gasteiger charge is -2.35. The van der Waals surface area contributed by atoms with E-state index >= 15 is 0 Å². The van der Waals surface area contributed by atoms with Gasteiger partial charge in [-0.1, -0.05) is 84.9 Å². The molecule has 2 bridgehead atoms. The first-order chi connectivity index (χ1) is 15.7. The van der Waals surface area contributed by atoms with E-state index in [1.165, 1.54) is 0 Å². The van der Waals surface area contributed by atoms with E-state index in [0.29, 0.717) is 0 Å². The van der Waals surface area contributed by atoms with Crippen molar-refractivity contribution in [1.82, 2.24) is 0 Å². The Kier molecular flexibility index (Phi) is 4.20. The van der Waals surface area contributed by atoms with Gasteiger partial charge in [-0.25, -0.2) is 0 Å². The van der Waals surface area contributed by atoms with E-state index < -0.39 is 22.7 Å². The van der Waals surface area contributed by atoms with E-state index in [9.17, 15) is 21.0 Å². The molecule has 2 unspecified atom stereocenters. The van der Waals surface area contributed by atoms with Gasteiger partial charge in [0.15, 0.2) is 10.8 Å². The Morgan fingerprint density at radius 2 is 0.875 bits per heavy atom. The van der Waals surface area contributed by atoms with Crippen molar-refractivity contribution in [3.8, 4) is 24.3 Å². The minimum atomic E-state index is -1.81. The first kappa shape index (κ1) is 19.3. The summed E-state index contributed by atoms with van der Waals surface area (Å²) in [5, 5.41) is 41.2. The minimum absolute atomic E-state index is 0.673. The molecule has 1 saturated carbocycles. The molecule has 3 aromatic carbocycles. The third kappa shape index (κ3) is 2.17. The van der Waals surface area contributed by atoms with Crippen LogP contribution in [0.1, 0.15) is 34.1 Å². The third-order valence-electron chi connectivity index (χ3n) is 6.85. The highest BCUT2D eigenvalue weighted by Gasteiger charge is 2.75. The second-order valence-corrected chi connectivity index (χ2v) is 8.12. The Labute approximate surface area is 186 Å². The zero-order chi connectivity index (χ0) is 22.3. The molecule has 0 heterocycles. The fourth-order valence-electron chi connectivity index (χ4n) is 5.59. The van der Waals surface area contributed by atoms with E-state index in [1.54, 1.807) is 0 Å². The molecule has 0 radical (unpaired) electrons. The maximum Gasteiger partial charge on any atom is 0.186 e. The molecule has 0 aliphatic heterocycles. The maximum atomic E-state index is 10.3. The summed E-state index contributed by atoms with van der Waals surface area (Å²) in [5.74, 6) is -1.35. The van der Waals surface area contributed by atoms with Gasteiger partial charge in [0.1, 0.15) is 0 Å². The molecular weight excluding hydrogens is 392 g/mol. The maximum absolute atomic E-state index is 10.3. The summed E-state index contributed by atoms with van der Waals surface area (Å²) in [7, 11) is 0. The highest BCUT2D eigenvalue weighted by molar-refractivity contribution is 5.88. The Morgan fingerprint density at radius 1 is 0.531 bits per heavy atom. The van der Waals surface area contributed by atoms with Crippen molar-refractivity contribution in [2.75, 3.05) is 0 Å². The average molecular weight is 408 g/mol. The Bertz CT molecular complexity index is 1290. The Hall–Kier alpha value is -4.64. The van der Waals surface area contributed by atoms with Crippen LogP contribution in [0.5, 0.6) is 0 Å². The van der Waals surface area contributed by atoms with Crippen molar-refractivity contribution in [1.29, 1.82) is 21.0 Å². The number of benzene rings is 3. The van der Waals surface area contributed by atoms with Crippen molar-refractivity contribution in [3.05, 3.63) is 113 Å². The van der Waals surface area contributed by atoms with Crippen molar-refractivity contribution in [3.63, 3.8) is 0 Å². The van der Waals surface area contributed by atoms with Gasteiger partial charge in [0.2, 0.25) is 0 Å². The summed E-state index contributed by atoms with van der Waals surface area (Å²) in [6.07, 6.45) is 0. The van der Waals surface area contributed by atoms with Gasteiger partial charge in [0.05, 0.1) is 24.3 Å². The fraction of sp³-hybridized carbons (Fsp3) is 0.143. The first-order valence-corrected chi connectivity index (χ1v) is 10.3. The van der Waals surface area contributed by atoms with Crippen LogP contribution in [0.3, 0.4) is 0 Å². The molecule has 1 fully saturated rings. The molecule has 5 rings (SSSR count). The molecule has 32 heavy (non-hydrogen) atoms. The number of fused-ring (bicyclic) bond motifs is 5. The summed E-state index contributed by atoms with van der Waals surface area (Å²) in [5.41, 5.74) is 1.61. The highest BCUT2D eigenvalue weighted by Crippen LogP contribution is 2.74. The second-order valence-electron chi connectivity index (χ2n) is 8.12. The van der Waals surface area contributed by atoms with Crippen LogP contribution in [0.4, 0.5) is 0 Å². The molecule has 2 atom stereocenters. The molecule has 0 saturated heterocycles. The summed E-state index contributed by atoms with van der Waals surface area (Å²) in [6, 6.07) is 35.7. The monoisotopic (exact) mass is 408 g/mol. The van der Waals surface area contributed by atoms with Gasteiger partial charge in [-0.05, 0) is 33.4 Å². The van der Waals surface area contributed by atoms with Gasteiger partial charge in [-0.2, -0.15) is 21.0 Å². The molecule has 2 aliphatic rings. The summed E-state index contributed by atoms with van der Waals surface area (Å²) >= 11 is 0. The molecule has 0 N–H and O–H groups in total. The van der Waals surface area contributed by atoms with Crippen LogP contribution in [0.25, 0.3) is 5.57 Å². The van der Waals surface area contributed by atoms with Crippen LogP contribution < -0.4 is 0 Å². The number of rotatable bonds is 2.